The Morgan fingerprint density at radius 2 is 1.81 bits per heavy atom. The SMILES string of the molecule is CCN(CC1CCC1)C1CCCCC1NC. The molecule has 0 saturated heterocycles. The van der Waals surface area contributed by atoms with Gasteiger partial charge in [-0.05, 0) is 45.2 Å². The van der Waals surface area contributed by atoms with Crippen molar-refractivity contribution < 1.29 is 0 Å². The molecule has 0 radical (unpaired) electrons. The van der Waals surface area contributed by atoms with E-state index in [4.69, 9.17) is 0 Å². The summed E-state index contributed by atoms with van der Waals surface area (Å²) >= 11 is 0. The van der Waals surface area contributed by atoms with E-state index in [1.807, 2.05) is 0 Å². The van der Waals surface area contributed by atoms with Crippen LogP contribution in [0.4, 0.5) is 0 Å². The van der Waals surface area contributed by atoms with E-state index in [1.165, 1.54) is 58.0 Å². The molecule has 2 nitrogen and oxygen atoms in total. The van der Waals surface area contributed by atoms with Gasteiger partial charge in [0.1, 0.15) is 0 Å². The zero-order chi connectivity index (χ0) is 11.4. The van der Waals surface area contributed by atoms with Gasteiger partial charge in [-0.25, -0.2) is 0 Å². The number of rotatable bonds is 5. The molecule has 0 aromatic carbocycles. The van der Waals surface area contributed by atoms with E-state index < -0.39 is 0 Å². The molecule has 0 bridgehead atoms. The number of hydrogen-bond donors (Lipinski definition) is 1. The maximum atomic E-state index is 3.54. The van der Waals surface area contributed by atoms with Crippen LogP contribution >= 0.6 is 0 Å². The highest BCUT2D eigenvalue weighted by Gasteiger charge is 2.30. The predicted octanol–water partition coefficient (Wildman–Crippen LogP) is 2.64. The third kappa shape index (κ3) is 2.78. The Morgan fingerprint density at radius 3 is 2.38 bits per heavy atom. The molecule has 2 fully saturated rings. The van der Waals surface area contributed by atoms with Crippen LogP contribution in [0.1, 0.15) is 51.9 Å². The van der Waals surface area contributed by atoms with E-state index in [9.17, 15) is 0 Å². The second-order valence-corrected chi connectivity index (χ2v) is 5.63. The molecule has 2 aliphatic carbocycles. The molecule has 0 aromatic rings. The van der Waals surface area contributed by atoms with Crippen molar-refractivity contribution in [1.82, 2.24) is 10.2 Å². The maximum absolute atomic E-state index is 3.54. The summed E-state index contributed by atoms with van der Waals surface area (Å²) in [6.07, 6.45) is 10.1. The molecular formula is C14H28N2. The van der Waals surface area contributed by atoms with E-state index in [-0.39, 0.29) is 0 Å². The van der Waals surface area contributed by atoms with Crippen molar-refractivity contribution in [3.8, 4) is 0 Å². The van der Waals surface area contributed by atoms with Crippen LogP contribution in [0.25, 0.3) is 0 Å². The standard InChI is InChI=1S/C14H28N2/c1-3-16(11-12-7-6-8-12)14-10-5-4-9-13(14)15-2/h12-15H,3-11H2,1-2H3. The highest BCUT2D eigenvalue weighted by atomic mass is 15.2. The number of hydrogen-bond acceptors (Lipinski definition) is 2. The molecule has 0 spiro atoms. The van der Waals surface area contributed by atoms with E-state index in [1.54, 1.807) is 0 Å². The third-order valence-corrected chi connectivity index (χ3v) is 4.69. The van der Waals surface area contributed by atoms with Crippen LogP contribution < -0.4 is 5.32 Å². The monoisotopic (exact) mass is 224 g/mol. The Hall–Kier alpha value is -0.0800. The molecule has 94 valence electrons. The first-order chi connectivity index (χ1) is 7.85. The van der Waals surface area contributed by atoms with Gasteiger partial charge in [-0.2, -0.15) is 0 Å². The van der Waals surface area contributed by atoms with Crippen LogP contribution in [-0.4, -0.2) is 37.1 Å². The molecule has 0 aliphatic heterocycles. The van der Waals surface area contributed by atoms with Crippen molar-refractivity contribution in [3.05, 3.63) is 0 Å². The van der Waals surface area contributed by atoms with Crippen molar-refractivity contribution in [2.24, 2.45) is 5.92 Å². The second kappa shape index (κ2) is 6.02. The summed E-state index contributed by atoms with van der Waals surface area (Å²) in [6.45, 7) is 4.93. The van der Waals surface area contributed by atoms with Gasteiger partial charge in [0.2, 0.25) is 0 Å². The summed E-state index contributed by atoms with van der Waals surface area (Å²) in [5.74, 6) is 1.01. The largest absolute Gasteiger partial charge is 0.315 e. The van der Waals surface area contributed by atoms with E-state index >= 15 is 0 Å². The highest BCUT2D eigenvalue weighted by molar-refractivity contribution is 4.88. The molecule has 2 aliphatic rings. The Balaban J connectivity index is 1.88. The van der Waals surface area contributed by atoms with Gasteiger partial charge in [-0.1, -0.05) is 26.2 Å². The lowest BCUT2D eigenvalue weighted by molar-refractivity contribution is 0.0924. The van der Waals surface area contributed by atoms with Crippen molar-refractivity contribution in [3.63, 3.8) is 0 Å². The average Bonchev–Trinajstić information content (AvgIpc) is 2.28. The fraction of sp³-hybridized carbons (Fsp3) is 1.00. The predicted molar refractivity (Wildman–Crippen MR) is 69.7 cm³/mol. The van der Waals surface area contributed by atoms with Gasteiger partial charge >= 0.3 is 0 Å². The van der Waals surface area contributed by atoms with Crippen LogP contribution in [-0.2, 0) is 0 Å². The first kappa shape index (κ1) is 12.4. The van der Waals surface area contributed by atoms with Crippen molar-refractivity contribution in [1.29, 1.82) is 0 Å². The van der Waals surface area contributed by atoms with Crippen molar-refractivity contribution in [2.75, 3.05) is 20.1 Å². The van der Waals surface area contributed by atoms with E-state index in [0.717, 1.165) is 18.0 Å². The van der Waals surface area contributed by atoms with Gasteiger partial charge in [-0.3, -0.25) is 4.90 Å². The summed E-state index contributed by atoms with van der Waals surface area (Å²) in [5, 5.41) is 3.54. The molecule has 16 heavy (non-hydrogen) atoms. The van der Waals surface area contributed by atoms with Crippen LogP contribution in [0.15, 0.2) is 0 Å². The van der Waals surface area contributed by atoms with Crippen LogP contribution in [0.5, 0.6) is 0 Å². The molecular weight excluding hydrogens is 196 g/mol. The molecule has 2 unspecified atom stereocenters. The first-order valence-corrected chi connectivity index (χ1v) is 7.26. The lowest BCUT2D eigenvalue weighted by atomic mass is 9.83. The fourth-order valence-corrected chi connectivity index (χ4v) is 3.39. The molecule has 0 amide bonds. The number of nitrogens with one attached hydrogen (secondary N) is 1. The van der Waals surface area contributed by atoms with Gasteiger partial charge in [0, 0.05) is 18.6 Å². The molecule has 1 N–H and O–H groups in total. The van der Waals surface area contributed by atoms with Crippen molar-refractivity contribution >= 4 is 0 Å². The third-order valence-electron chi connectivity index (χ3n) is 4.69. The zero-order valence-electron chi connectivity index (χ0n) is 11.0. The molecule has 2 rings (SSSR count). The number of likely N-dealkylation sites (N-methyl/N-ethyl adjacent to an activating group) is 2. The lowest BCUT2D eigenvalue weighted by Gasteiger charge is -2.42. The van der Waals surface area contributed by atoms with Gasteiger partial charge in [-0.15, -0.1) is 0 Å². The summed E-state index contributed by atoms with van der Waals surface area (Å²) in [4.78, 5) is 2.75. The topological polar surface area (TPSA) is 15.3 Å². The maximum Gasteiger partial charge on any atom is 0.0249 e. The summed E-state index contributed by atoms with van der Waals surface area (Å²) in [6, 6.07) is 1.55. The van der Waals surface area contributed by atoms with Crippen LogP contribution in [0.2, 0.25) is 0 Å². The Labute approximate surface area is 101 Å². The van der Waals surface area contributed by atoms with Gasteiger partial charge in [0.15, 0.2) is 0 Å². The Kier molecular flexibility index (Phi) is 4.66. The summed E-state index contributed by atoms with van der Waals surface area (Å²) in [5.41, 5.74) is 0. The minimum atomic E-state index is 0.744. The molecule has 2 saturated carbocycles. The Morgan fingerprint density at radius 1 is 1.06 bits per heavy atom. The number of nitrogens with zero attached hydrogens (tertiary/aromatic N) is 1. The normalized spacial score (nSPS) is 31.7. The van der Waals surface area contributed by atoms with Crippen LogP contribution in [0.3, 0.4) is 0 Å². The zero-order valence-corrected chi connectivity index (χ0v) is 11.0. The molecule has 2 atom stereocenters. The average molecular weight is 224 g/mol. The minimum Gasteiger partial charge on any atom is -0.315 e. The van der Waals surface area contributed by atoms with Crippen LogP contribution in [0, 0.1) is 5.92 Å². The molecule has 0 aromatic heterocycles. The molecule has 0 heterocycles. The van der Waals surface area contributed by atoms with Crippen molar-refractivity contribution in [2.45, 2.75) is 64.0 Å². The second-order valence-electron chi connectivity index (χ2n) is 5.63. The van der Waals surface area contributed by atoms with E-state index in [2.05, 4.69) is 24.2 Å². The Bertz CT molecular complexity index is 201. The smallest absolute Gasteiger partial charge is 0.0249 e. The fourth-order valence-electron chi connectivity index (χ4n) is 3.39. The molecule has 2 heteroatoms. The quantitative estimate of drug-likeness (QED) is 0.772. The first-order valence-electron chi connectivity index (χ1n) is 7.26. The van der Waals surface area contributed by atoms with Gasteiger partial charge in [0.25, 0.3) is 0 Å². The summed E-state index contributed by atoms with van der Waals surface area (Å²) in [7, 11) is 2.14. The van der Waals surface area contributed by atoms with Gasteiger partial charge < -0.3 is 5.32 Å². The van der Waals surface area contributed by atoms with E-state index in [0.29, 0.717) is 0 Å². The summed E-state index contributed by atoms with van der Waals surface area (Å²) < 4.78 is 0. The van der Waals surface area contributed by atoms with Gasteiger partial charge in [0.05, 0.1) is 0 Å². The highest BCUT2D eigenvalue weighted by Crippen LogP contribution is 2.30. The lowest BCUT2D eigenvalue weighted by Crippen LogP contribution is -2.52. The minimum absolute atomic E-state index is 0.744.